The molecule has 0 radical (unpaired) electrons. The van der Waals surface area contributed by atoms with Crippen LogP contribution in [0.1, 0.15) is 38.3 Å². The molecular weight excluding hydrogens is 472 g/mol. The van der Waals surface area contributed by atoms with E-state index in [0.29, 0.717) is 5.75 Å². The largest absolute Gasteiger partial charge is 0.497 e. The second kappa shape index (κ2) is 14.1. The SMILES string of the molecule is C=CC[C@@H]([C@@H](NC(=O)OC(C)(C)C)[C@H](O)C=C)N(Cc1ccc(OC)cc1)C(=O)OCc1ccccc1. The van der Waals surface area contributed by atoms with Gasteiger partial charge in [-0.15, -0.1) is 13.2 Å². The average Bonchev–Trinajstić information content (AvgIpc) is 2.87. The Labute approximate surface area is 219 Å². The van der Waals surface area contributed by atoms with Crippen LogP contribution >= 0.6 is 0 Å². The van der Waals surface area contributed by atoms with Crippen molar-refractivity contribution in [3.63, 3.8) is 0 Å². The highest BCUT2D eigenvalue weighted by atomic mass is 16.6. The van der Waals surface area contributed by atoms with E-state index in [1.165, 1.54) is 11.0 Å². The molecule has 37 heavy (non-hydrogen) atoms. The van der Waals surface area contributed by atoms with E-state index in [9.17, 15) is 14.7 Å². The lowest BCUT2D eigenvalue weighted by Gasteiger charge is -2.38. The Morgan fingerprint density at radius 1 is 1.05 bits per heavy atom. The summed E-state index contributed by atoms with van der Waals surface area (Å²) < 4.78 is 16.3. The van der Waals surface area contributed by atoms with Gasteiger partial charge in [0.2, 0.25) is 0 Å². The number of nitrogens with one attached hydrogen (secondary N) is 1. The minimum Gasteiger partial charge on any atom is -0.497 e. The number of hydrogen-bond acceptors (Lipinski definition) is 6. The topological polar surface area (TPSA) is 97.3 Å². The maximum atomic E-state index is 13.5. The van der Waals surface area contributed by atoms with Crippen LogP contribution in [0, 0.1) is 0 Å². The van der Waals surface area contributed by atoms with Crippen LogP contribution in [0.25, 0.3) is 0 Å². The molecule has 8 nitrogen and oxygen atoms in total. The van der Waals surface area contributed by atoms with Crippen LogP contribution in [0.2, 0.25) is 0 Å². The summed E-state index contributed by atoms with van der Waals surface area (Å²) in [5.41, 5.74) is 0.879. The molecule has 0 heterocycles. The van der Waals surface area contributed by atoms with Gasteiger partial charge in [-0.05, 0) is 50.5 Å². The Morgan fingerprint density at radius 3 is 2.24 bits per heavy atom. The Balaban J connectivity index is 2.41. The first-order valence-corrected chi connectivity index (χ1v) is 12.1. The molecule has 0 saturated heterocycles. The second-order valence-corrected chi connectivity index (χ2v) is 9.51. The van der Waals surface area contributed by atoms with Crippen molar-refractivity contribution in [1.29, 1.82) is 0 Å². The number of ether oxygens (including phenoxy) is 3. The Kier molecular flexibility index (Phi) is 11.2. The number of aliphatic hydroxyl groups excluding tert-OH is 1. The van der Waals surface area contributed by atoms with Crippen molar-refractivity contribution in [2.45, 2.75) is 64.1 Å². The molecule has 0 unspecified atom stereocenters. The summed E-state index contributed by atoms with van der Waals surface area (Å²) in [5, 5.41) is 13.5. The molecule has 2 aromatic carbocycles. The number of carbonyl (C=O) groups excluding carboxylic acids is 2. The average molecular weight is 511 g/mol. The van der Waals surface area contributed by atoms with Gasteiger partial charge in [0.1, 0.15) is 18.0 Å². The van der Waals surface area contributed by atoms with Gasteiger partial charge in [0, 0.05) is 6.54 Å². The lowest BCUT2D eigenvalue weighted by molar-refractivity contribution is 0.0277. The van der Waals surface area contributed by atoms with Crippen molar-refractivity contribution < 1.29 is 28.9 Å². The zero-order chi connectivity index (χ0) is 27.4. The van der Waals surface area contributed by atoms with Crippen molar-refractivity contribution in [2.24, 2.45) is 0 Å². The van der Waals surface area contributed by atoms with Gasteiger partial charge in [0.25, 0.3) is 0 Å². The van der Waals surface area contributed by atoms with Gasteiger partial charge < -0.3 is 24.6 Å². The monoisotopic (exact) mass is 510 g/mol. The van der Waals surface area contributed by atoms with E-state index in [4.69, 9.17) is 14.2 Å². The third kappa shape index (κ3) is 9.65. The number of nitrogens with zero attached hydrogens (tertiary/aromatic N) is 1. The fourth-order valence-corrected chi connectivity index (χ4v) is 3.68. The fraction of sp³-hybridized carbons (Fsp3) is 0.379. The summed E-state index contributed by atoms with van der Waals surface area (Å²) in [6, 6.07) is 14.9. The highest BCUT2D eigenvalue weighted by Crippen LogP contribution is 2.22. The van der Waals surface area contributed by atoms with E-state index in [-0.39, 0.29) is 19.6 Å². The molecule has 0 bridgehead atoms. The van der Waals surface area contributed by atoms with Gasteiger partial charge in [-0.2, -0.15) is 0 Å². The van der Waals surface area contributed by atoms with E-state index in [1.54, 1.807) is 46.1 Å². The summed E-state index contributed by atoms with van der Waals surface area (Å²) in [6.07, 6.45) is 0.655. The van der Waals surface area contributed by atoms with E-state index < -0.39 is 36.0 Å². The number of aliphatic hydroxyl groups is 1. The predicted octanol–water partition coefficient (Wildman–Crippen LogP) is 5.22. The second-order valence-electron chi connectivity index (χ2n) is 9.51. The highest BCUT2D eigenvalue weighted by molar-refractivity contribution is 5.70. The lowest BCUT2D eigenvalue weighted by Crippen LogP contribution is -2.58. The van der Waals surface area contributed by atoms with Crippen LogP contribution in [0.3, 0.4) is 0 Å². The number of alkyl carbamates (subject to hydrolysis) is 1. The molecule has 0 aliphatic heterocycles. The molecule has 3 atom stereocenters. The lowest BCUT2D eigenvalue weighted by atomic mass is 9.97. The number of rotatable bonds is 12. The smallest absolute Gasteiger partial charge is 0.410 e. The minimum atomic E-state index is -1.18. The first-order valence-electron chi connectivity index (χ1n) is 12.1. The maximum Gasteiger partial charge on any atom is 0.410 e. The molecule has 2 N–H and O–H groups in total. The van der Waals surface area contributed by atoms with Crippen LogP contribution in [0.5, 0.6) is 5.75 Å². The number of benzene rings is 2. The molecule has 0 aromatic heterocycles. The highest BCUT2D eigenvalue weighted by Gasteiger charge is 2.36. The number of methoxy groups -OCH3 is 1. The van der Waals surface area contributed by atoms with Crippen molar-refractivity contribution in [3.8, 4) is 5.75 Å². The van der Waals surface area contributed by atoms with E-state index >= 15 is 0 Å². The molecule has 0 saturated carbocycles. The van der Waals surface area contributed by atoms with Crippen LogP contribution < -0.4 is 10.1 Å². The number of carbonyl (C=O) groups is 2. The molecular formula is C29H38N2O6. The summed E-state index contributed by atoms with van der Waals surface area (Å²) >= 11 is 0. The standard InChI is InChI=1S/C29H38N2O6/c1-7-12-24(26(25(32)8-2)30-27(33)37-29(3,4)5)31(19-21-15-17-23(35-6)18-16-21)28(34)36-20-22-13-10-9-11-14-22/h7-11,13-18,24-26,32H,1-2,12,19-20H2,3-6H3,(H,30,33)/t24-,25+,26+/m0/s1. The Bertz CT molecular complexity index is 1020. The quantitative estimate of drug-likeness (QED) is 0.380. The van der Waals surface area contributed by atoms with E-state index in [1.807, 2.05) is 42.5 Å². The third-order valence-corrected chi connectivity index (χ3v) is 5.47. The molecule has 2 aromatic rings. The van der Waals surface area contributed by atoms with Crippen LogP contribution in [0.4, 0.5) is 9.59 Å². The fourth-order valence-electron chi connectivity index (χ4n) is 3.68. The minimum absolute atomic E-state index is 0.0633. The van der Waals surface area contributed by atoms with Crippen molar-refractivity contribution in [2.75, 3.05) is 7.11 Å². The first kappa shape index (κ1) is 29.5. The van der Waals surface area contributed by atoms with Crippen LogP contribution in [-0.2, 0) is 22.6 Å². The van der Waals surface area contributed by atoms with Crippen molar-refractivity contribution in [1.82, 2.24) is 10.2 Å². The van der Waals surface area contributed by atoms with Crippen LogP contribution in [-0.4, -0.2) is 53.1 Å². The zero-order valence-corrected chi connectivity index (χ0v) is 22.1. The molecule has 0 fully saturated rings. The summed E-state index contributed by atoms with van der Waals surface area (Å²) in [5.74, 6) is 0.677. The molecule has 200 valence electrons. The predicted molar refractivity (Wildman–Crippen MR) is 143 cm³/mol. The molecule has 0 aliphatic rings. The molecule has 2 rings (SSSR count). The molecule has 0 spiro atoms. The van der Waals surface area contributed by atoms with E-state index in [0.717, 1.165) is 11.1 Å². The van der Waals surface area contributed by atoms with Gasteiger partial charge in [-0.3, -0.25) is 4.90 Å². The Hall–Kier alpha value is -3.78. The summed E-state index contributed by atoms with van der Waals surface area (Å²) in [7, 11) is 1.58. The van der Waals surface area contributed by atoms with Crippen molar-refractivity contribution >= 4 is 12.2 Å². The van der Waals surface area contributed by atoms with Gasteiger partial charge in [-0.25, -0.2) is 9.59 Å². The maximum absolute atomic E-state index is 13.5. The number of hydrogen-bond donors (Lipinski definition) is 2. The van der Waals surface area contributed by atoms with Crippen LogP contribution in [0.15, 0.2) is 79.9 Å². The van der Waals surface area contributed by atoms with Gasteiger partial charge in [0.05, 0.1) is 25.3 Å². The molecule has 2 amide bonds. The van der Waals surface area contributed by atoms with E-state index in [2.05, 4.69) is 18.5 Å². The summed E-state index contributed by atoms with van der Waals surface area (Å²) in [6.45, 7) is 12.9. The molecule has 0 aliphatic carbocycles. The first-order chi connectivity index (χ1) is 17.6. The van der Waals surface area contributed by atoms with Gasteiger partial charge in [0.15, 0.2) is 0 Å². The zero-order valence-electron chi connectivity index (χ0n) is 22.1. The Morgan fingerprint density at radius 2 is 1.70 bits per heavy atom. The van der Waals surface area contributed by atoms with Gasteiger partial charge in [-0.1, -0.05) is 54.6 Å². The van der Waals surface area contributed by atoms with Gasteiger partial charge >= 0.3 is 12.2 Å². The third-order valence-electron chi connectivity index (χ3n) is 5.47. The number of amides is 2. The normalized spacial score (nSPS) is 13.4. The van der Waals surface area contributed by atoms with Crippen molar-refractivity contribution in [3.05, 3.63) is 91.0 Å². The molecule has 8 heteroatoms. The summed E-state index contributed by atoms with van der Waals surface area (Å²) in [4.78, 5) is 27.6.